The van der Waals surface area contributed by atoms with Gasteiger partial charge in [0.2, 0.25) is 0 Å². The molecular formula is C9H15N3. The molecular weight excluding hydrogens is 150 g/mol. The van der Waals surface area contributed by atoms with Crippen molar-refractivity contribution in [1.82, 2.24) is 14.9 Å². The number of aryl methyl sites for hydroxylation is 1. The van der Waals surface area contributed by atoms with E-state index in [9.17, 15) is 0 Å². The van der Waals surface area contributed by atoms with Gasteiger partial charge in [-0.3, -0.25) is 0 Å². The second-order valence-corrected chi connectivity index (χ2v) is 3.45. The van der Waals surface area contributed by atoms with Crippen LogP contribution in [0.3, 0.4) is 0 Å². The van der Waals surface area contributed by atoms with Crippen molar-refractivity contribution in [3.8, 4) is 0 Å². The van der Waals surface area contributed by atoms with E-state index in [4.69, 9.17) is 0 Å². The predicted molar refractivity (Wildman–Crippen MR) is 48.0 cm³/mol. The number of hydrogen-bond donors (Lipinski definition) is 1. The van der Waals surface area contributed by atoms with Gasteiger partial charge >= 0.3 is 0 Å². The van der Waals surface area contributed by atoms with Gasteiger partial charge in [-0.1, -0.05) is 0 Å². The molecule has 1 heterocycles. The van der Waals surface area contributed by atoms with Crippen molar-refractivity contribution in [3.63, 3.8) is 0 Å². The van der Waals surface area contributed by atoms with Crippen LogP contribution in [-0.4, -0.2) is 16.6 Å². The molecule has 12 heavy (non-hydrogen) atoms. The number of nitrogens with zero attached hydrogens (tertiary/aromatic N) is 2. The summed E-state index contributed by atoms with van der Waals surface area (Å²) in [4.78, 5) is 4.46. The van der Waals surface area contributed by atoms with Crippen LogP contribution in [0.25, 0.3) is 0 Å². The largest absolute Gasteiger partial charge is 0.332 e. The van der Waals surface area contributed by atoms with Crippen molar-refractivity contribution in [3.05, 3.63) is 17.7 Å². The SMILES string of the molecule is CNCc1cn(C2CC2)c(C)n1. The predicted octanol–water partition coefficient (Wildman–Crippen LogP) is 1.25. The summed E-state index contributed by atoms with van der Waals surface area (Å²) in [5.74, 6) is 1.16. The van der Waals surface area contributed by atoms with E-state index in [1.807, 2.05) is 7.05 Å². The van der Waals surface area contributed by atoms with Gasteiger partial charge in [-0.15, -0.1) is 0 Å². The second-order valence-electron chi connectivity index (χ2n) is 3.45. The third kappa shape index (κ3) is 1.37. The fraction of sp³-hybridized carbons (Fsp3) is 0.667. The molecule has 1 aromatic rings. The van der Waals surface area contributed by atoms with E-state index in [0.717, 1.165) is 24.1 Å². The molecule has 0 radical (unpaired) electrons. The highest BCUT2D eigenvalue weighted by Crippen LogP contribution is 2.35. The summed E-state index contributed by atoms with van der Waals surface area (Å²) in [5.41, 5.74) is 1.15. The van der Waals surface area contributed by atoms with Crippen molar-refractivity contribution in [2.75, 3.05) is 7.05 Å². The average molecular weight is 165 g/mol. The molecule has 0 atom stereocenters. The molecule has 2 rings (SSSR count). The fourth-order valence-electron chi connectivity index (χ4n) is 1.54. The molecule has 0 saturated heterocycles. The maximum absolute atomic E-state index is 4.46. The summed E-state index contributed by atoms with van der Waals surface area (Å²) < 4.78 is 2.30. The van der Waals surface area contributed by atoms with E-state index < -0.39 is 0 Å². The quantitative estimate of drug-likeness (QED) is 0.730. The fourth-order valence-corrected chi connectivity index (χ4v) is 1.54. The molecule has 1 aliphatic rings. The Morgan fingerprint density at radius 1 is 1.67 bits per heavy atom. The van der Waals surface area contributed by atoms with Gasteiger partial charge in [0.1, 0.15) is 5.82 Å². The molecule has 1 aromatic heterocycles. The van der Waals surface area contributed by atoms with E-state index >= 15 is 0 Å². The average Bonchev–Trinajstić information content (AvgIpc) is 2.79. The third-order valence-electron chi connectivity index (χ3n) is 2.27. The van der Waals surface area contributed by atoms with Crippen LogP contribution in [0, 0.1) is 6.92 Å². The highest BCUT2D eigenvalue weighted by atomic mass is 15.1. The van der Waals surface area contributed by atoms with E-state index in [2.05, 4.69) is 28.0 Å². The topological polar surface area (TPSA) is 29.9 Å². The van der Waals surface area contributed by atoms with E-state index in [1.54, 1.807) is 0 Å². The molecule has 1 N–H and O–H groups in total. The lowest BCUT2D eigenvalue weighted by Gasteiger charge is -1.98. The Labute approximate surface area is 72.8 Å². The van der Waals surface area contributed by atoms with Crippen molar-refractivity contribution in [2.45, 2.75) is 32.4 Å². The van der Waals surface area contributed by atoms with Gasteiger partial charge in [0.25, 0.3) is 0 Å². The Hall–Kier alpha value is -0.830. The zero-order valence-corrected chi connectivity index (χ0v) is 7.67. The summed E-state index contributed by atoms with van der Waals surface area (Å²) in [6.07, 6.45) is 4.83. The number of nitrogens with one attached hydrogen (secondary N) is 1. The maximum Gasteiger partial charge on any atom is 0.106 e. The van der Waals surface area contributed by atoms with Crippen LogP contribution >= 0.6 is 0 Å². The Kier molecular flexibility index (Phi) is 1.89. The summed E-state index contributed by atoms with van der Waals surface area (Å²) in [5, 5.41) is 3.11. The molecule has 0 unspecified atom stereocenters. The van der Waals surface area contributed by atoms with Gasteiger partial charge in [-0.25, -0.2) is 4.98 Å². The number of aromatic nitrogens is 2. The Morgan fingerprint density at radius 3 is 3.00 bits per heavy atom. The summed E-state index contributed by atoms with van der Waals surface area (Å²) in [6.45, 7) is 2.96. The smallest absolute Gasteiger partial charge is 0.106 e. The van der Waals surface area contributed by atoms with Crippen LogP contribution in [0.1, 0.15) is 30.4 Å². The van der Waals surface area contributed by atoms with Gasteiger partial charge in [0, 0.05) is 18.8 Å². The van der Waals surface area contributed by atoms with Crippen molar-refractivity contribution >= 4 is 0 Å². The Bertz CT molecular complexity index is 273. The summed E-state index contributed by atoms with van der Waals surface area (Å²) in [6, 6.07) is 0.753. The van der Waals surface area contributed by atoms with Gasteiger partial charge in [-0.2, -0.15) is 0 Å². The van der Waals surface area contributed by atoms with Crippen LogP contribution in [0.4, 0.5) is 0 Å². The van der Waals surface area contributed by atoms with E-state index in [0.29, 0.717) is 0 Å². The van der Waals surface area contributed by atoms with Gasteiger partial charge in [0.05, 0.1) is 5.69 Å². The lowest BCUT2D eigenvalue weighted by atomic mass is 10.5. The first kappa shape index (κ1) is 7.80. The van der Waals surface area contributed by atoms with Crippen molar-refractivity contribution < 1.29 is 0 Å². The molecule has 1 fully saturated rings. The Morgan fingerprint density at radius 2 is 2.42 bits per heavy atom. The monoisotopic (exact) mass is 165 g/mol. The molecule has 0 aliphatic heterocycles. The zero-order chi connectivity index (χ0) is 8.55. The highest BCUT2D eigenvalue weighted by Gasteiger charge is 2.24. The number of rotatable bonds is 3. The molecule has 1 saturated carbocycles. The third-order valence-corrected chi connectivity index (χ3v) is 2.27. The first-order chi connectivity index (χ1) is 5.81. The minimum atomic E-state index is 0.753. The van der Waals surface area contributed by atoms with Gasteiger partial charge in [0.15, 0.2) is 0 Å². The van der Waals surface area contributed by atoms with Crippen LogP contribution in [0.2, 0.25) is 0 Å². The highest BCUT2D eigenvalue weighted by molar-refractivity contribution is 5.06. The molecule has 3 heteroatoms. The standard InChI is InChI=1S/C9H15N3/c1-7-11-8(5-10-2)6-12(7)9-3-4-9/h6,9-10H,3-5H2,1-2H3. The minimum absolute atomic E-state index is 0.753. The summed E-state index contributed by atoms with van der Waals surface area (Å²) in [7, 11) is 1.95. The zero-order valence-electron chi connectivity index (χ0n) is 7.67. The molecule has 0 spiro atoms. The van der Waals surface area contributed by atoms with Crippen LogP contribution in [0.15, 0.2) is 6.20 Å². The van der Waals surface area contributed by atoms with E-state index in [-0.39, 0.29) is 0 Å². The number of hydrogen-bond acceptors (Lipinski definition) is 2. The maximum atomic E-state index is 4.46. The van der Waals surface area contributed by atoms with Crippen LogP contribution < -0.4 is 5.32 Å². The molecule has 0 aromatic carbocycles. The minimum Gasteiger partial charge on any atom is -0.332 e. The molecule has 0 amide bonds. The Balaban J connectivity index is 2.18. The number of imidazole rings is 1. The van der Waals surface area contributed by atoms with Crippen molar-refractivity contribution in [1.29, 1.82) is 0 Å². The van der Waals surface area contributed by atoms with Crippen LogP contribution in [0.5, 0.6) is 0 Å². The molecule has 66 valence electrons. The first-order valence-electron chi connectivity index (χ1n) is 4.50. The summed E-state index contributed by atoms with van der Waals surface area (Å²) >= 11 is 0. The van der Waals surface area contributed by atoms with E-state index in [1.165, 1.54) is 12.8 Å². The van der Waals surface area contributed by atoms with Gasteiger partial charge < -0.3 is 9.88 Å². The van der Waals surface area contributed by atoms with Crippen molar-refractivity contribution in [2.24, 2.45) is 0 Å². The normalized spacial score (nSPS) is 16.8. The second kappa shape index (κ2) is 2.90. The van der Waals surface area contributed by atoms with Crippen LogP contribution in [-0.2, 0) is 6.54 Å². The van der Waals surface area contributed by atoms with Gasteiger partial charge in [-0.05, 0) is 26.8 Å². The molecule has 1 aliphatic carbocycles. The first-order valence-corrected chi connectivity index (χ1v) is 4.50. The lowest BCUT2D eigenvalue weighted by Crippen LogP contribution is -2.04. The lowest BCUT2D eigenvalue weighted by molar-refractivity contribution is 0.710. The molecule has 0 bridgehead atoms. The molecule has 3 nitrogen and oxygen atoms in total.